The summed E-state index contributed by atoms with van der Waals surface area (Å²) >= 11 is 0. The van der Waals surface area contributed by atoms with Gasteiger partial charge in [0.05, 0.1) is 0 Å². The number of aryl methyl sites for hydroxylation is 1. The van der Waals surface area contributed by atoms with Crippen LogP contribution in [0.3, 0.4) is 0 Å². The quantitative estimate of drug-likeness (QED) is 0.886. The molecule has 0 saturated carbocycles. The van der Waals surface area contributed by atoms with Crippen LogP contribution in [0.1, 0.15) is 57.2 Å². The predicted octanol–water partition coefficient (Wildman–Crippen LogP) is 3.76. The van der Waals surface area contributed by atoms with E-state index >= 15 is 0 Å². The molecule has 0 radical (unpaired) electrons. The van der Waals surface area contributed by atoms with E-state index in [1.165, 1.54) is 49.9 Å². The molecule has 2 atom stereocenters. The van der Waals surface area contributed by atoms with Crippen molar-refractivity contribution >= 4 is 0 Å². The monoisotopic (exact) mass is 274 g/mol. The summed E-state index contributed by atoms with van der Waals surface area (Å²) in [5, 5.41) is 0. The van der Waals surface area contributed by atoms with Gasteiger partial charge in [-0.15, -0.1) is 0 Å². The van der Waals surface area contributed by atoms with Gasteiger partial charge in [-0.25, -0.2) is 0 Å². The van der Waals surface area contributed by atoms with Crippen LogP contribution in [0.15, 0.2) is 24.3 Å². The molecule has 2 heteroatoms. The largest absolute Gasteiger partial charge is 0.328 e. The maximum Gasteiger partial charge on any atom is 0.0319 e. The second-order valence-corrected chi connectivity index (χ2v) is 6.40. The summed E-state index contributed by atoms with van der Waals surface area (Å²) < 4.78 is 0. The van der Waals surface area contributed by atoms with Crippen molar-refractivity contribution in [2.45, 2.75) is 58.5 Å². The van der Waals surface area contributed by atoms with Gasteiger partial charge in [-0.2, -0.15) is 0 Å². The van der Waals surface area contributed by atoms with Crippen LogP contribution in [0.2, 0.25) is 0 Å². The number of rotatable bonds is 5. The van der Waals surface area contributed by atoms with E-state index in [4.69, 9.17) is 5.73 Å². The summed E-state index contributed by atoms with van der Waals surface area (Å²) in [7, 11) is 0. The first-order valence-corrected chi connectivity index (χ1v) is 8.20. The fourth-order valence-corrected chi connectivity index (χ4v) is 3.29. The Hall–Kier alpha value is -0.860. The van der Waals surface area contributed by atoms with Crippen molar-refractivity contribution in [3.8, 4) is 0 Å². The first-order chi connectivity index (χ1) is 9.61. The van der Waals surface area contributed by atoms with Gasteiger partial charge in [-0.1, -0.05) is 37.6 Å². The average molecular weight is 274 g/mol. The zero-order valence-electron chi connectivity index (χ0n) is 13.3. The highest BCUT2D eigenvalue weighted by Crippen LogP contribution is 2.27. The lowest BCUT2D eigenvalue weighted by molar-refractivity contribution is 0.132. The molecule has 112 valence electrons. The van der Waals surface area contributed by atoms with Gasteiger partial charge in [0.1, 0.15) is 0 Å². The lowest BCUT2D eigenvalue weighted by atomic mass is 9.89. The van der Waals surface area contributed by atoms with Crippen LogP contribution in [0.4, 0.5) is 0 Å². The number of nitrogens with zero attached hydrogens (tertiary/aromatic N) is 1. The Balaban J connectivity index is 1.92. The Morgan fingerprint density at radius 1 is 1.15 bits per heavy atom. The number of likely N-dealkylation sites (tertiary alicyclic amines) is 1. The van der Waals surface area contributed by atoms with Crippen molar-refractivity contribution in [2.75, 3.05) is 13.1 Å². The second-order valence-electron chi connectivity index (χ2n) is 6.40. The van der Waals surface area contributed by atoms with E-state index in [1.807, 2.05) is 0 Å². The summed E-state index contributed by atoms with van der Waals surface area (Å²) in [5.74, 6) is 0.713. The van der Waals surface area contributed by atoms with E-state index in [1.54, 1.807) is 0 Å². The molecule has 2 N–H and O–H groups in total. The summed E-state index contributed by atoms with van der Waals surface area (Å²) in [5.41, 5.74) is 8.93. The second kappa shape index (κ2) is 7.24. The van der Waals surface area contributed by atoms with Crippen molar-refractivity contribution in [1.29, 1.82) is 0 Å². The normalized spacial score (nSPS) is 20.8. The summed E-state index contributed by atoms with van der Waals surface area (Å²) in [6, 6.07) is 10.1. The number of piperidine rings is 1. The molecule has 1 fully saturated rings. The highest BCUT2D eigenvalue weighted by Gasteiger charge is 2.25. The third-order valence-electron chi connectivity index (χ3n) is 4.87. The first kappa shape index (κ1) is 15.5. The molecule has 0 aromatic heterocycles. The smallest absolute Gasteiger partial charge is 0.0319 e. The van der Waals surface area contributed by atoms with Crippen LogP contribution in [0.25, 0.3) is 0 Å². The predicted molar refractivity (Wildman–Crippen MR) is 86.8 cm³/mol. The fraction of sp³-hybridized carbons (Fsp3) is 0.667. The highest BCUT2D eigenvalue weighted by atomic mass is 15.2. The number of benzene rings is 1. The van der Waals surface area contributed by atoms with E-state index in [9.17, 15) is 0 Å². The Bertz CT molecular complexity index is 388. The lowest BCUT2D eigenvalue weighted by Gasteiger charge is -2.37. The number of nitrogens with two attached hydrogens (primary N) is 1. The van der Waals surface area contributed by atoms with Gasteiger partial charge in [0.25, 0.3) is 0 Å². The van der Waals surface area contributed by atoms with Crippen LogP contribution in [0.5, 0.6) is 0 Å². The molecule has 2 unspecified atom stereocenters. The van der Waals surface area contributed by atoms with Crippen LogP contribution in [0, 0.1) is 5.92 Å². The molecule has 0 bridgehead atoms. The molecule has 2 nitrogen and oxygen atoms in total. The lowest BCUT2D eigenvalue weighted by Crippen LogP contribution is -2.40. The highest BCUT2D eigenvalue weighted by molar-refractivity contribution is 5.25. The molecule has 20 heavy (non-hydrogen) atoms. The molecule has 1 aliphatic heterocycles. The molecular weight excluding hydrogens is 244 g/mol. The molecule has 1 aromatic rings. The number of hydrogen-bond donors (Lipinski definition) is 1. The minimum atomic E-state index is 0.348. The molecule has 1 aliphatic rings. The summed E-state index contributed by atoms with van der Waals surface area (Å²) in [6.45, 7) is 9.09. The third kappa shape index (κ3) is 3.83. The topological polar surface area (TPSA) is 29.3 Å². The SMILES string of the molecule is CCCc1ccc(C(C)N2CCC(C(C)N)CC2)cc1. The summed E-state index contributed by atoms with van der Waals surface area (Å²) in [6.07, 6.45) is 4.90. The van der Waals surface area contributed by atoms with Crippen LogP contribution in [-0.4, -0.2) is 24.0 Å². The molecule has 0 amide bonds. The first-order valence-electron chi connectivity index (χ1n) is 8.20. The molecule has 1 saturated heterocycles. The van der Waals surface area contributed by atoms with Gasteiger partial charge in [-0.3, -0.25) is 4.90 Å². The Labute approximate surface area is 124 Å². The molecule has 2 rings (SSSR count). The Morgan fingerprint density at radius 2 is 1.75 bits per heavy atom. The summed E-state index contributed by atoms with van der Waals surface area (Å²) in [4.78, 5) is 2.60. The average Bonchev–Trinajstić information content (AvgIpc) is 2.48. The van der Waals surface area contributed by atoms with Gasteiger partial charge >= 0.3 is 0 Å². The zero-order valence-corrected chi connectivity index (χ0v) is 13.3. The Morgan fingerprint density at radius 3 is 2.25 bits per heavy atom. The van der Waals surface area contributed by atoms with E-state index in [2.05, 4.69) is 49.9 Å². The van der Waals surface area contributed by atoms with E-state index in [-0.39, 0.29) is 0 Å². The van der Waals surface area contributed by atoms with E-state index < -0.39 is 0 Å². The van der Waals surface area contributed by atoms with Crippen molar-refractivity contribution in [3.05, 3.63) is 35.4 Å². The van der Waals surface area contributed by atoms with Crippen molar-refractivity contribution in [3.63, 3.8) is 0 Å². The Kier molecular flexibility index (Phi) is 5.62. The van der Waals surface area contributed by atoms with E-state index in [0.717, 1.165) is 0 Å². The van der Waals surface area contributed by atoms with Crippen molar-refractivity contribution in [1.82, 2.24) is 4.90 Å². The van der Waals surface area contributed by atoms with Crippen molar-refractivity contribution in [2.24, 2.45) is 11.7 Å². The van der Waals surface area contributed by atoms with Crippen LogP contribution in [-0.2, 0) is 6.42 Å². The standard InChI is InChI=1S/C18H30N2/c1-4-5-16-6-8-18(9-7-16)15(3)20-12-10-17(11-13-20)14(2)19/h6-9,14-15,17H,4-5,10-13,19H2,1-3H3. The van der Waals surface area contributed by atoms with Crippen LogP contribution < -0.4 is 5.73 Å². The third-order valence-corrected chi connectivity index (χ3v) is 4.87. The maximum absolute atomic E-state index is 6.03. The molecule has 1 heterocycles. The maximum atomic E-state index is 6.03. The zero-order chi connectivity index (χ0) is 14.5. The molecule has 0 spiro atoms. The van der Waals surface area contributed by atoms with Crippen molar-refractivity contribution < 1.29 is 0 Å². The van der Waals surface area contributed by atoms with E-state index in [0.29, 0.717) is 18.0 Å². The van der Waals surface area contributed by atoms with Gasteiger partial charge in [-0.05, 0) is 63.2 Å². The fourth-order valence-electron chi connectivity index (χ4n) is 3.29. The molecule has 0 aliphatic carbocycles. The van der Waals surface area contributed by atoms with Gasteiger partial charge in [0.2, 0.25) is 0 Å². The molecular formula is C18H30N2. The van der Waals surface area contributed by atoms with Gasteiger partial charge in [0.15, 0.2) is 0 Å². The number of hydrogen-bond acceptors (Lipinski definition) is 2. The minimum absolute atomic E-state index is 0.348. The van der Waals surface area contributed by atoms with Gasteiger partial charge in [0, 0.05) is 12.1 Å². The molecule has 1 aromatic carbocycles. The van der Waals surface area contributed by atoms with Gasteiger partial charge < -0.3 is 5.73 Å². The minimum Gasteiger partial charge on any atom is -0.328 e. The van der Waals surface area contributed by atoms with Crippen LogP contribution >= 0.6 is 0 Å².